The van der Waals surface area contributed by atoms with Crippen molar-refractivity contribution >= 4 is 29.4 Å². The van der Waals surface area contributed by atoms with Crippen molar-refractivity contribution in [3.05, 3.63) is 24.0 Å². The van der Waals surface area contributed by atoms with Gasteiger partial charge < -0.3 is 4.74 Å². The summed E-state index contributed by atoms with van der Waals surface area (Å²) in [5.41, 5.74) is 0. The number of amidine groups is 3. The van der Waals surface area contributed by atoms with Crippen molar-refractivity contribution in [2.45, 2.75) is 33.1 Å². The maximum atomic E-state index is 11.6. The van der Waals surface area contributed by atoms with Crippen LogP contribution in [0.15, 0.2) is 44.0 Å². The summed E-state index contributed by atoms with van der Waals surface area (Å²) in [4.78, 5) is 31.0. The van der Waals surface area contributed by atoms with Crippen LogP contribution in [0, 0.1) is 0 Å². The molecule has 3 aliphatic rings. The highest BCUT2D eigenvalue weighted by molar-refractivity contribution is 6.20. The van der Waals surface area contributed by atoms with Gasteiger partial charge in [0.15, 0.2) is 0 Å². The molecule has 7 heteroatoms. The van der Waals surface area contributed by atoms with Crippen LogP contribution in [0.5, 0.6) is 0 Å². The molecule has 0 aliphatic carbocycles. The third-order valence-corrected chi connectivity index (χ3v) is 3.18. The van der Waals surface area contributed by atoms with Crippen LogP contribution in [-0.2, 0) is 9.53 Å². The number of hydrogen-bond donors (Lipinski definition) is 0. The van der Waals surface area contributed by atoms with E-state index < -0.39 is 0 Å². The van der Waals surface area contributed by atoms with Gasteiger partial charge in [0.05, 0.1) is 13.0 Å². The maximum Gasteiger partial charge on any atom is 0.306 e. The Hall–Kier alpha value is -2.57. The summed E-state index contributed by atoms with van der Waals surface area (Å²) >= 11 is 0. The van der Waals surface area contributed by atoms with Crippen molar-refractivity contribution in [1.82, 2.24) is 4.90 Å². The first-order chi connectivity index (χ1) is 10.7. The summed E-state index contributed by atoms with van der Waals surface area (Å²) in [5.74, 6) is 3.03. The fourth-order valence-electron chi connectivity index (χ4n) is 2.21. The number of carbonyl (C=O) groups is 1. The van der Waals surface area contributed by atoms with Gasteiger partial charge >= 0.3 is 5.97 Å². The van der Waals surface area contributed by atoms with Crippen LogP contribution in [0.3, 0.4) is 0 Å². The van der Waals surface area contributed by atoms with Crippen LogP contribution in [0.4, 0.5) is 0 Å². The number of hydrogen-bond acceptors (Lipinski definition) is 7. The second-order valence-corrected chi connectivity index (χ2v) is 5.01. The van der Waals surface area contributed by atoms with Crippen LogP contribution >= 0.6 is 0 Å². The molecule has 3 aliphatic heterocycles. The van der Waals surface area contributed by atoms with Gasteiger partial charge in [-0.2, -0.15) is 9.98 Å². The van der Waals surface area contributed by atoms with Crippen LogP contribution in [-0.4, -0.2) is 40.9 Å². The number of guanidine groups is 1. The Labute approximate surface area is 128 Å². The fraction of sp³-hybridized carbons (Fsp3) is 0.400. The predicted octanol–water partition coefficient (Wildman–Crippen LogP) is 2.03. The number of aliphatic imine (C=N–C) groups is 4. The third-order valence-electron chi connectivity index (χ3n) is 3.18. The van der Waals surface area contributed by atoms with Gasteiger partial charge in [0, 0.05) is 6.42 Å². The molecule has 0 bridgehead atoms. The van der Waals surface area contributed by atoms with Crippen LogP contribution in [0.1, 0.15) is 33.1 Å². The Morgan fingerprint density at radius 1 is 1.27 bits per heavy atom. The van der Waals surface area contributed by atoms with E-state index in [2.05, 4.69) is 20.0 Å². The molecule has 0 aromatic carbocycles. The van der Waals surface area contributed by atoms with Crippen LogP contribution < -0.4 is 0 Å². The van der Waals surface area contributed by atoms with Gasteiger partial charge in [-0.05, 0) is 25.5 Å². The lowest BCUT2D eigenvalue weighted by molar-refractivity contribution is -0.143. The predicted molar refractivity (Wildman–Crippen MR) is 85.0 cm³/mol. The number of carbonyl (C=O) groups excluding carboxylic acids is 1. The van der Waals surface area contributed by atoms with E-state index in [0.29, 0.717) is 30.7 Å². The van der Waals surface area contributed by atoms with E-state index in [-0.39, 0.29) is 12.4 Å². The molecule has 7 nitrogen and oxygen atoms in total. The largest absolute Gasteiger partial charge is 0.466 e. The standard InChI is InChI=1S/C15H17N5O2/c1-3-9-22-14(21)8-7-11-18-13-6-4-5-12-16-10(2)17-15(19-11)20(12)13/h4-6H,3,7-9H2,1-2H3. The molecule has 22 heavy (non-hydrogen) atoms. The Balaban J connectivity index is 1.75. The first-order valence-corrected chi connectivity index (χ1v) is 7.31. The number of rotatable bonds is 5. The number of ether oxygens (including phenoxy) is 1. The summed E-state index contributed by atoms with van der Waals surface area (Å²) in [7, 11) is 0. The van der Waals surface area contributed by atoms with Gasteiger partial charge in [-0.3, -0.25) is 4.79 Å². The Bertz CT molecular complexity index is 682. The van der Waals surface area contributed by atoms with Crippen molar-refractivity contribution in [2.24, 2.45) is 20.0 Å². The lowest BCUT2D eigenvalue weighted by Crippen LogP contribution is -2.41. The highest BCUT2D eigenvalue weighted by Gasteiger charge is 2.29. The molecule has 0 fully saturated rings. The summed E-state index contributed by atoms with van der Waals surface area (Å²) in [6, 6.07) is 0. The van der Waals surface area contributed by atoms with E-state index in [4.69, 9.17) is 4.74 Å². The fourth-order valence-corrected chi connectivity index (χ4v) is 2.21. The number of esters is 1. The number of allylic oxidation sites excluding steroid dienone is 2. The van der Waals surface area contributed by atoms with Crippen molar-refractivity contribution in [3.63, 3.8) is 0 Å². The second kappa shape index (κ2) is 6.05. The average Bonchev–Trinajstić information content (AvgIpc) is 2.50. The molecular formula is C15H17N5O2. The average molecular weight is 299 g/mol. The topological polar surface area (TPSA) is 79.0 Å². The third kappa shape index (κ3) is 2.88. The van der Waals surface area contributed by atoms with Gasteiger partial charge in [0.25, 0.3) is 0 Å². The Morgan fingerprint density at radius 3 is 2.95 bits per heavy atom. The smallest absolute Gasteiger partial charge is 0.306 e. The zero-order valence-corrected chi connectivity index (χ0v) is 12.6. The van der Waals surface area contributed by atoms with Gasteiger partial charge in [-0.15, -0.1) is 0 Å². The summed E-state index contributed by atoms with van der Waals surface area (Å²) in [6.45, 7) is 4.24. The minimum atomic E-state index is -0.227. The Kier molecular flexibility index (Phi) is 3.95. The molecule has 0 aromatic rings. The molecule has 3 rings (SSSR count). The number of nitrogens with zero attached hydrogens (tertiary/aromatic N) is 5. The molecule has 114 valence electrons. The molecule has 3 heterocycles. The summed E-state index contributed by atoms with van der Waals surface area (Å²) in [6.07, 6.45) is 7.17. The van der Waals surface area contributed by atoms with Gasteiger partial charge in [-0.25, -0.2) is 14.9 Å². The second-order valence-electron chi connectivity index (χ2n) is 5.01. The van der Waals surface area contributed by atoms with Gasteiger partial charge in [0.1, 0.15) is 23.3 Å². The maximum absolute atomic E-state index is 11.6. The Morgan fingerprint density at radius 2 is 2.14 bits per heavy atom. The minimum absolute atomic E-state index is 0.227. The van der Waals surface area contributed by atoms with Gasteiger partial charge in [-0.1, -0.05) is 13.0 Å². The lowest BCUT2D eigenvalue weighted by Gasteiger charge is -2.30. The monoisotopic (exact) mass is 299 g/mol. The summed E-state index contributed by atoms with van der Waals surface area (Å²) < 4.78 is 5.06. The molecule has 0 spiro atoms. The van der Waals surface area contributed by atoms with Crippen molar-refractivity contribution in [1.29, 1.82) is 0 Å². The quantitative estimate of drug-likeness (QED) is 0.729. The van der Waals surface area contributed by atoms with Crippen LogP contribution in [0.2, 0.25) is 0 Å². The van der Waals surface area contributed by atoms with E-state index in [1.54, 1.807) is 4.90 Å². The normalized spacial score (nSPS) is 18.6. The molecule has 0 N–H and O–H groups in total. The zero-order chi connectivity index (χ0) is 15.5. The minimum Gasteiger partial charge on any atom is -0.466 e. The summed E-state index contributed by atoms with van der Waals surface area (Å²) in [5, 5.41) is 0. The SMILES string of the molecule is CCCOC(=O)CCC1=NC2=CC=CC3=NC(C)=NC(=N1)N23. The molecule has 0 aromatic heterocycles. The first-order valence-electron chi connectivity index (χ1n) is 7.31. The van der Waals surface area contributed by atoms with Crippen molar-refractivity contribution in [2.75, 3.05) is 6.61 Å². The van der Waals surface area contributed by atoms with E-state index in [1.165, 1.54) is 0 Å². The van der Waals surface area contributed by atoms with Gasteiger partial charge in [0.2, 0.25) is 5.96 Å². The molecule has 0 amide bonds. The molecular weight excluding hydrogens is 282 g/mol. The zero-order valence-electron chi connectivity index (χ0n) is 12.6. The molecule has 0 radical (unpaired) electrons. The van der Waals surface area contributed by atoms with Crippen molar-refractivity contribution in [3.8, 4) is 0 Å². The van der Waals surface area contributed by atoms with E-state index in [9.17, 15) is 4.79 Å². The lowest BCUT2D eigenvalue weighted by atomic mass is 10.2. The van der Waals surface area contributed by atoms with Crippen LogP contribution in [0.25, 0.3) is 0 Å². The molecule has 0 saturated heterocycles. The van der Waals surface area contributed by atoms with E-state index >= 15 is 0 Å². The highest BCUT2D eigenvalue weighted by atomic mass is 16.5. The molecule has 0 saturated carbocycles. The molecule has 0 atom stereocenters. The molecule has 0 unspecified atom stereocenters. The first kappa shape index (κ1) is 14.4. The van der Waals surface area contributed by atoms with E-state index in [1.807, 2.05) is 32.1 Å². The van der Waals surface area contributed by atoms with Crippen molar-refractivity contribution < 1.29 is 9.53 Å². The highest BCUT2D eigenvalue weighted by Crippen LogP contribution is 2.23. The van der Waals surface area contributed by atoms with E-state index in [0.717, 1.165) is 18.1 Å².